The highest BCUT2D eigenvalue weighted by molar-refractivity contribution is 6.14. The summed E-state index contributed by atoms with van der Waals surface area (Å²) in [5.41, 5.74) is 1.28. The first-order valence-corrected chi connectivity index (χ1v) is 7.17. The SMILES string of the molecule is COc1cccc2cc3c(ccc4ccccc43)c(C)c12. The van der Waals surface area contributed by atoms with Crippen LogP contribution in [0, 0.1) is 6.92 Å². The number of ether oxygens (including phenoxy) is 1. The summed E-state index contributed by atoms with van der Waals surface area (Å²) in [6, 6.07) is 21.5. The van der Waals surface area contributed by atoms with Gasteiger partial charge < -0.3 is 4.74 Å². The van der Waals surface area contributed by atoms with Crippen LogP contribution >= 0.6 is 0 Å². The van der Waals surface area contributed by atoms with Crippen LogP contribution < -0.4 is 4.74 Å². The Bertz CT molecular complexity index is 983. The fraction of sp³-hybridized carbons (Fsp3) is 0.100. The fourth-order valence-corrected chi connectivity index (χ4v) is 3.31. The minimum atomic E-state index is 0.944. The predicted molar refractivity (Wildman–Crippen MR) is 90.2 cm³/mol. The molecule has 0 heterocycles. The minimum absolute atomic E-state index is 0.944. The van der Waals surface area contributed by atoms with E-state index in [2.05, 4.69) is 61.5 Å². The van der Waals surface area contributed by atoms with Crippen molar-refractivity contribution in [1.29, 1.82) is 0 Å². The maximum atomic E-state index is 5.54. The number of benzene rings is 4. The molecule has 0 aromatic heterocycles. The summed E-state index contributed by atoms with van der Waals surface area (Å²) in [5, 5.41) is 7.64. The summed E-state index contributed by atoms with van der Waals surface area (Å²) in [4.78, 5) is 0. The van der Waals surface area contributed by atoms with Crippen molar-refractivity contribution in [3.63, 3.8) is 0 Å². The van der Waals surface area contributed by atoms with Gasteiger partial charge in [0, 0.05) is 5.39 Å². The van der Waals surface area contributed by atoms with Gasteiger partial charge in [0.15, 0.2) is 0 Å². The fourth-order valence-electron chi connectivity index (χ4n) is 3.31. The highest BCUT2D eigenvalue weighted by Crippen LogP contribution is 2.36. The molecule has 1 nitrogen and oxygen atoms in total. The van der Waals surface area contributed by atoms with Gasteiger partial charge in [-0.2, -0.15) is 0 Å². The lowest BCUT2D eigenvalue weighted by atomic mass is 9.94. The van der Waals surface area contributed by atoms with Gasteiger partial charge in [0.25, 0.3) is 0 Å². The standard InChI is InChI=1S/C20H16O/c1-13-16-11-10-14-6-3-4-8-17(14)18(16)12-15-7-5-9-19(21-2)20(13)15/h3-12H,1-2H3. The topological polar surface area (TPSA) is 9.23 Å². The molecular weight excluding hydrogens is 256 g/mol. The maximum Gasteiger partial charge on any atom is 0.126 e. The molecule has 0 aliphatic rings. The zero-order chi connectivity index (χ0) is 14.4. The zero-order valence-electron chi connectivity index (χ0n) is 12.2. The van der Waals surface area contributed by atoms with Gasteiger partial charge in [0.1, 0.15) is 5.75 Å². The number of methoxy groups -OCH3 is 1. The van der Waals surface area contributed by atoms with Crippen molar-refractivity contribution in [3.8, 4) is 5.75 Å². The Hall–Kier alpha value is -2.54. The summed E-state index contributed by atoms with van der Waals surface area (Å²) < 4.78 is 5.54. The second-order valence-corrected chi connectivity index (χ2v) is 5.44. The second-order valence-electron chi connectivity index (χ2n) is 5.44. The van der Waals surface area contributed by atoms with Crippen LogP contribution in [0.15, 0.2) is 60.7 Å². The number of hydrogen-bond donors (Lipinski definition) is 0. The van der Waals surface area contributed by atoms with Crippen molar-refractivity contribution in [2.45, 2.75) is 6.92 Å². The first-order chi connectivity index (χ1) is 10.3. The largest absolute Gasteiger partial charge is 0.496 e. The predicted octanol–water partition coefficient (Wildman–Crippen LogP) is 5.46. The molecule has 0 amide bonds. The summed E-state index contributed by atoms with van der Waals surface area (Å²) in [7, 11) is 1.73. The Labute approximate surface area is 123 Å². The van der Waals surface area contributed by atoms with E-state index in [1.54, 1.807) is 7.11 Å². The van der Waals surface area contributed by atoms with E-state index in [1.807, 2.05) is 6.07 Å². The van der Waals surface area contributed by atoms with E-state index >= 15 is 0 Å². The van der Waals surface area contributed by atoms with Crippen LogP contribution in [-0.2, 0) is 0 Å². The molecule has 0 saturated carbocycles. The molecule has 1 heteroatoms. The van der Waals surface area contributed by atoms with Crippen molar-refractivity contribution in [2.75, 3.05) is 7.11 Å². The first kappa shape index (κ1) is 12.2. The third-order valence-corrected chi connectivity index (χ3v) is 4.33. The molecule has 0 radical (unpaired) electrons. The molecule has 4 aromatic rings. The molecule has 0 spiro atoms. The highest BCUT2D eigenvalue weighted by atomic mass is 16.5. The van der Waals surface area contributed by atoms with Crippen molar-refractivity contribution in [1.82, 2.24) is 0 Å². The second kappa shape index (κ2) is 4.49. The van der Waals surface area contributed by atoms with E-state index in [4.69, 9.17) is 4.74 Å². The van der Waals surface area contributed by atoms with E-state index in [0.29, 0.717) is 0 Å². The Morgan fingerprint density at radius 3 is 2.38 bits per heavy atom. The summed E-state index contributed by atoms with van der Waals surface area (Å²) in [6.07, 6.45) is 0. The molecule has 0 atom stereocenters. The minimum Gasteiger partial charge on any atom is -0.496 e. The lowest BCUT2D eigenvalue weighted by Gasteiger charge is -2.13. The molecule has 102 valence electrons. The molecule has 0 fully saturated rings. The Morgan fingerprint density at radius 2 is 1.52 bits per heavy atom. The number of aryl methyl sites for hydroxylation is 1. The van der Waals surface area contributed by atoms with Gasteiger partial charge >= 0.3 is 0 Å². The lowest BCUT2D eigenvalue weighted by Crippen LogP contribution is -1.89. The van der Waals surface area contributed by atoms with Gasteiger partial charge in [-0.3, -0.25) is 0 Å². The summed E-state index contributed by atoms with van der Waals surface area (Å²) in [6.45, 7) is 2.18. The van der Waals surface area contributed by atoms with Gasteiger partial charge in [-0.25, -0.2) is 0 Å². The summed E-state index contributed by atoms with van der Waals surface area (Å²) >= 11 is 0. The van der Waals surface area contributed by atoms with Crippen molar-refractivity contribution < 1.29 is 4.74 Å². The van der Waals surface area contributed by atoms with E-state index in [0.717, 1.165) is 5.75 Å². The highest BCUT2D eigenvalue weighted by Gasteiger charge is 2.10. The van der Waals surface area contributed by atoms with Crippen LogP contribution in [0.1, 0.15) is 5.56 Å². The van der Waals surface area contributed by atoms with Gasteiger partial charge in [0.2, 0.25) is 0 Å². The lowest BCUT2D eigenvalue weighted by molar-refractivity contribution is 0.419. The van der Waals surface area contributed by atoms with Crippen LogP contribution in [0.4, 0.5) is 0 Å². The van der Waals surface area contributed by atoms with Crippen molar-refractivity contribution in [2.24, 2.45) is 0 Å². The smallest absolute Gasteiger partial charge is 0.126 e. The third kappa shape index (κ3) is 1.71. The zero-order valence-corrected chi connectivity index (χ0v) is 12.2. The van der Waals surface area contributed by atoms with Crippen LogP contribution in [0.25, 0.3) is 32.3 Å². The van der Waals surface area contributed by atoms with E-state index in [1.165, 1.54) is 37.9 Å². The van der Waals surface area contributed by atoms with Gasteiger partial charge in [-0.05, 0) is 51.6 Å². The number of fused-ring (bicyclic) bond motifs is 4. The normalized spacial score (nSPS) is 11.3. The molecule has 0 saturated heterocycles. The molecule has 0 aliphatic carbocycles. The quantitative estimate of drug-likeness (QED) is 0.330. The number of hydrogen-bond acceptors (Lipinski definition) is 1. The van der Waals surface area contributed by atoms with Gasteiger partial charge in [-0.15, -0.1) is 0 Å². The summed E-state index contributed by atoms with van der Waals surface area (Å²) in [5.74, 6) is 0.944. The third-order valence-electron chi connectivity index (χ3n) is 4.33. The Morgan fingerprint density at radius 1 is 0.714 bits per heavy atom. The van der Waals surface area contributed by atoms with Crippen LogP contribution in [0.3, 0.4) is 0 Å². The molecule has 0 N–H and O–H groups in total. The molecule has 0 unspecified atom stereocenters. The molecule has 21 heavy (non-hydrogen) atoms. The van der Waals surface area contributed by atoms with Crippen LogP contribution in [0.2, 0.25) is 0 Å². The Balaban J connectivity index is 2.27. The molecular formula is C20H16O. The van der Waals surface area contributed by atoms with E-state index in [-0.39, 0.29) is 0 Å². The molecule has 4 rings (SSSR count). The molecule has 4 aromatic carbocycles. The van der Waals surface area contributed by atoms with Crippen molar-refractivity contribution in [3.05, 3.63) is 66.2 Å². The van der Waals surface area contributed by atoms with Crippen LogP contribution in [0.5, 0.6) is 5.75 Å². The van der Waals surface area contributed by atoms with E-state index in [9.17, 15) is 0 Å². The monoisotopic (exact) mass is 272 g/mol. The van der Waals surface area contributed by atoms with Crippen LogP contribution in [-0.4, -0.2) is 7.11 Å². The Kier molecular flexibility index (Phi) is 2.61. The van der Waals surface area contributed by atoms with Gasteiger partial charge in [-0.1, -0.05) is 48.5 Å². The molecule has 0 aliphatic heterocycles. The average molecular weight is 272 g/mol. The average Bonchev–Trinajstić information content (AvgIpc) is 2.54. The van der Waals surface area contributed by atoms with E-state index < -0.39 is 0 Å². The number of rotatable bonds is 1. The first-order valence-electron chi connectivity index (χ1n) is 7.17. The maximum absolute atomic E-state index is 5.54. The van der Waals surface area contributed by atoms with Crippen molar-refractivity contribution >= 4 is 32.3 Å². The molecule has 0 bridgehead atoms. The van der Waals surface area contributed by atoms with Gasteiger partial charge in [0.05, 0.1) is 7.11 Å².